The summed E-state index contributed by atoms with van der Waals surface area (Å²) < 4.78 is 1.77. The number of hydrogen-bond acceptors (Lipinski definition) is 4. The van der Waals surface area contributed by atoms with Crippen molar-refractivity contribution in [2.45, 2.75) is 31.5 Å². The summed E-state index contributed by atoms with van der Waals surface area (Å²) in [6.07, 6.45) is 2.25. The van der Waals surface area contributed by atoms with Crippen molar-refractivity contribution in [1.29, 1.82) is 0 Å². The van der Waals surface area contributed by atoms with Crippen molar-refractivity contribution >= 4 is 16.7 Å². The van der Waals surface area contributed by atoms with Gasteiger partial charge in [0.25, 0.3) is 0 Å². The third kappa shape index (κ3) is 5.03. The summed E-state index contributed by atoms with van der Waals surface area (Å²) in [5, 5.41) is 15.3. The lowest BCUT2D eigenvalue weighted by atomic mass is 10.1. The first-order valence-electron chi connectivity index (χ1n) is 8.64. The summed E-state index contributed by atoms with van der Waals surface area (Å²) >= 11 is 1.59. The highest BCUT2D eigenvalue weighted by Gasteiger charge is 2.15. The molecule has 5 nitrogen and oxygen atoms in total. The molecule has 0 fully saturated rings. The van der Waals surface area contributed by atoms with Crippen molar-refractivity contribution < 1.29 is 5.32 Å². The molecule has 26 heavy (non-hydrogen) atoms. The number of hydrogen-bond donors (Lipinski definition) is 1. The Balaban J connectivity index is 1.87. The molecule has 2 N–H and O–H groups in total. The molecule has 0 aliphatic rings. The van der Waals surface area contributed by atoms with Crippen molar-refractivity contribution in [2.24, 2.45) is 0 Å². The van der Waals surface area contributed by atoms with E-state index in [1.807, 2.05) is 36.4 Å². The van der Waals surface area contributed by atoms with Gasteiger partial charge in [-0.2, -0.15) is 4.68 Å². The highest BCUT2D eigenvalue weighted by atomic mass is 32.2. The van der Waals surface area contributed by atoms with Crippen LogP contribution in [0.25, 0.3) is 10.6 Å². The second-order valence-electron chi connectivity index (χ2n) is 7.05. The molecular formula is C20H24N5S+. The molecule has 0 aliphatic heterocycles. The van der Waals surface area contributed by atoms with Crippen LogP contribution in [0.2, 0.25) is 0 Å². The van der Waals surface area contributed by atoms with E-state index in [4.69, 9.17) is 0 Å². The molecular weight excluding hydrogens is 342 g/mol. The number of thioether (sulfide) groups is 1. The van der Waals surface area contributed by atoms with Crippen LogP contribution in [0.5, 0.6) is 0 Å². The summed E-state index contributed by atoms with van der Waals surface area (Å²) in [4.78, 5) is 1.15. The Morgan fingerprint density at radius 1 is 1.04 bits per heavy atom. The van der Waals surface area contributed by atoms with Crippen molar-refractivity contribution in [3.63, 3.8) is 0 Å². The van der Waals surface area contributed by atoms with Gasteiger partial charge in [0, 0.05) is 4.91 Å². The van der Waals surface area contributed by atoms with Gasteiger partial charge in [0.1, 0.15) is 0 Å². The molecule has 134 valence electrons. The normalized spacial score (nSPS) is 12.3. The number of aromatic nitrogens is 4. The molecule has 0 saturated carbocycles. The highest BCUT2D eigenvalue weighted by Crippen LogP contribution is 2.33. The second-order valence-corrected chi connectivity index (χ2v) is 8.06. The van der Waals surface area contributed by atoms with E-state index in [-0.39, 0.29) is 5.54 Å². The van der Waals surface area contributed by atoms with Gasteiger partial charge in [-0.3, -0.25) is 0 Å². The number of benzene rings is 2. The molecule has 3 aromatic rings. The van der Waals surface area contributed by atoms with E-state index in [0.717, 1.165) is 22.3 Å². The molecule has 0 aliphatic carbocycles. The molecule has 0 amide bonds. The molecule has 0 spiro atoms. The standard InChI is InChI=1S/C20H23N5S/c1-20(2,3)21-15-14-18(16-10-6-4-7-11-16)26-19-22-23-24-25(19)17-12-8-5-9-13-17/h4-14,21H,15H2,1-3H3/p+1/b18-14-. The third-order valence-corrected chi connectivity index (χ3v) is 4.79. The number of rotatable bonds is 6. The van der Waals surface area contributed by atoms with Gasteiger partial charge in [-0.15, -0.1) is 5.10 Å². The van der Waals surface area contributed by atoms with Crippen molar-refractivity contribution in [1.82, 2.24) is 20.2 Å². The lowest BCUT2D eigenvalue weighted by Crippen LogP contribution is -2.94. The first-order valence-corrected chi connectivity index (χ1v) is 9.46. The average molecular weight is 367 g/mol. The van der Waals surface area contributed by atoms with Gasteiger partial charge in [0.05, 0.1) is 17.8 Å². The first kappa shape index (κ1) is 18.4. The van der Waals surface area contributed by atoms with Crippen LogP contribution in [0.3, 0.4) is 0 Å². The Morgan fingerprint density at radius 3 is 2.35 bits per heavy atom. The zero-order valence-electron chi connectivity index (χ0n) is 15.3. The van der Waals surface area contributed by atoms with Gasteiger partial charge in [0.15, 0.2) is 0 Å². The zero-order chi connectivity index (χ0) is 18.4. The molecule has 0 bridgehead atoms. The van der Waals surface area contributed by atoms with E-state index in [0.29, 0.717) is 0 Å². The lowest BCUT2D eigenvalue weighted by molar-refractivity contribution is -0.709. The molecule has 6 heteroatoms. The van der Waals surface area contributed by atoms with Crippen LogP contribution in [-0.2, 0) is 0 Å². The summed E-state index contributed by atoms with van der Waals surface area (Å²) in [5.41, 5.74) is 2.31. The van der Waals surface area contributed by atoms with Crippen LogP contribution >= 0.6 is 11.8 Å². The Labute approximate surface area is 158 Å². The van der Waals surface area contributed by atoms with Crippen LogP contribution in [0.4, 0.5) is 0 Å². The molecule has 2 aromatic carbocycles. The zero-order valence-corrected chi connectivity index (χ0v) is 16.1. The monoisotopic (exact) mass is 366 g/mol. The highest BCUT2D eigenvalue weighted by molar-refractivity contribution is 8.08. The third-order valence-electron chi connectivity index (χ3n) is 3.73. The fourth-order valence-corrected chi connectivity index (χ4v) is 3.35. The number of nitrogens with zero attached hydrogens (tertiary/aromatic N) is 4. The smallest absolute Gasteiger partial charge is 0.218 e. The average Bonchev–Trinajstić information content (AvgIpc) is 3.09. The minimum atomic E-state index is 0.189. The number of quaternary nitrogens is 1. The van der Waals surface area contributed by atoms with Crippen LogP contribution in [0, 0.1) is 0 Å². The van der Waals surface area contributed by atoms with Gasteiger partial charge in [-0.1, -0.05) is 48.5 Å². The minimum absolute atomic E-state index is 0.189. The van der Waals surface area contributed by atoms with E-state index in [9.17, 15) is 0 Å². The van der Waals surface area contributed by atoms with Gasteiger partial charge < -0.3 is 5.32 Å². The molecule has 1 aromatic heterocycles. The van der Waals surface area contributed by atoms with E-state index in [2.05, 4.69) is 72.0 Å². The second kappa shape index (κ2) is 8.29. The van der Waals surface area contributed by atoms with Crippen LogP contribution in [-0.4, -0.2) is 32.3 Å². The SMILES string of the molecule is CC(C)(C)[NH2+]C/C=C(\Sc1nnnn1-c1ccccc1)c1ccccc1. The van der Waals surface area contributed by atoms with Crippen LogP contribution in [0.15, 0.2) is 71.9 Å². The van der Waals surface area contributed by atoms with Crippen molar-refractivity contribution in [2.75, 3.05) is 6.54 Å². The maximum atomic E-state index is 4.23. The summed E-state index contributed by atoms with van der Waals surface area (Å²) in [6, 6.07) is 20.3. The van der Waals surface area contributed by atoms with Gasteiger partial charge >= 0.3 is 0 Å². The van der Waals surface area contributed by atoms with E-state index in [1.165, 1.54) is 5.56 Å². The molecule has 0 radical (unpaired) electrons. The van der Waals surface area contributed by atoms with Crippen LogP contribution < -0.4 is 5.32 Å². The topological polar surface area (TPSA) is 60.2 Å². The van der Waals surface area contributed by atoms with E-state index in [1.54, 1.807) is 16.4 Å². The summed E-state index contributed by atoms with van der Waals surface area (Å²) in [5.74, 6) is 0. The molecule has 0 unspecified atom stereocenters. The van der Waals surface area contributed by atoms with Gasteiger partial charge in [-0.25, -0.2) is 0 Å². The summed E-state index contributed by atoms with van der Waals surface area (Å²) in [7, 11) is 0. The fraction of sp³-hybridized carbons (Fsp3) is 0.250. The largest absolute Gasteiger partial charge is 0.339 e. The minimum Gasteiger partial charge on any atom is -0.339 e. The summed E-state index contributed by atoms with van der Waals surface area (Å²) in [6.45, 7) is 7.54. The Bertz CT molecular complexity index is 851. The Morgan fingerprint density at radius 2 is 1.69 bits per heavy atom. The van der Waals surface area contributed by atoms with Gasteiger partial charge in [-0.05, 0) is 66.7 Å². The number of para-hydroxylation sites is 1. The quantitative estimate of drug-likeness (QED) is 0.681. The van der Waals surface area contributed by atoms with Crippen molar-refractivity contribution in [3.8, 4) is 5.69 Å². The molecule has 3 rings (SSSR count). The molecule has 0 atom stereocenters. The molecule has 1 heterocycles. The predicted molar refractivity (Wildman–Crippen MR) is 106 cm³/mol. The Hall–Kier alpha value is -2.44. The van der Waals surface area contributed by atoms with E-state index < -0.39 is 0 Å². The number of nitrogens with two attached hydrogens (primary N) is 1. The Kier molecular flexibility index (Phi) is 5.85. The number of tetrazole rings is 1. The van der Waals surface area contributed by atoms with Crippen molar-refractivity contribution in [3.05, 3.63) is 72.3 Å². The fourth-order valence-electron chi connectivity index (χ4n) is 2.41. The first-order chi connectivity index (χ1) is 12.5. The van der Waals surface area contributed by atoms with E-state index >= 15 is 0 Å². The predicted octanol–water partition coefficient (Wildman–Crippen LogP) is 3.16. The maximum absolute atomic E-state index is 4.23. The van der Waals surface area contributed by atoms with Crippen LogP contribution in [0.1, 0.15) is 26.3 Å². The molecule has 0 saturated heterocycles. The maximum Gasteiger partial charge on any atom is 0.218 e. The lowest BCUT2D eigenvalue weighted by Gasteiger charge is -2.16. The van der Waals surface area contributed by atoms with Gasteiger partial charge in [0.2, 0.25) is 5.16 Å².